The maximum Gasteiger partial charge on any atom is 0.209 e. The van der Waals surface area contributed by atoms with E-state index in [-0.39, 0.29) is 0 Å². The lowest BCUT2D eigenvalue weighted by Crippen LogP contribution is -2.19. The van der Waals surface area contributed by atoms with Crippen LogP contribution in [0.5, 0.6) is 0 Å². The normalized spacial score (nSPS) is 11.5. The number of hydrogen-bond donors (Lipinski definition) is 1. The molecule has 1 N–H and O–H groups in total. The SMILES string of the molecule is Cc1cccc2nc(CNCC(C)C)oc12. The molecule has 3 heteroatoms. The minimum atomic E-state index is 0.645. The Balaban J connectivity index is 2.11. The van der Waals surface area contributed by atoms with Crippen LogP contribution in [0.15, 0.2) is 22.6 Å². The number of oxazole rings is 1. The largest absolute Gasteiger partial charge is 0.439 e. The fourth-order valence-corrected chi connectivity index (χ4v) is 1.68. The zero-order valence-electron chi connectivity index (χ0n) is 10.1. The van der Waals surface area contributed by atoms with Gasteiger partial charge in [-0.1, -0.05) is 26.0 Å². The van der Waals surface area contributed by atoms with Crippen LogP contribution in [0.1, 0.15) is 25.3 Å². The van der Waals surface area contributed by atoms with Crippen molar-refractivity contribution in [1.82, 2.24) is 10.3 Å². The Hall–Kier alpha value is -1.35. The summed E-state index contributed by atoms with van der Waals surface area (Å²) in [5.74, 6) is 1.41. The number of aromatic nitrogens is 1. The van der Waals surface area contributed by atoms with Gasteiger partial charge in [0.25, 0.3) is 0 Å². The number of para-hydroxylation sites is 1. The number of nitrogens with one attached hydrogen (secondary N) is 1. The van der Waals surface area contributed by atoms with Gasteiger partial charge in [0, 0.05) is 0 Å². The second-order valence-electron chi connectivity index (χ2n) is 4.56. The highest BCUT2D eigenvalue weighted by Gasteiger charge is 2.06. The van der Waals surface area contributed by atoms with Crippen molar-refractivity contribution < 1.29 is 4.42 Å². The molecule has 0 saturated heterocycles. The van der Waals surface area contributed by atoms with Crippen LogP contribution in [0.4, 0.5) is 0 Å². The third-order valence-electron chi connectivity index (χ3n) is 2.48. The molecule has 16 heavy (non-hydrogen) atoms. The van der Waals surface area contributed by atoms with Crippen molar-refractivity contribution in [3.63, 3.8) is 0 Å². The van der Waals surface area contributed by atoms with Crippen LogP contribution in [-0.2, 0) is 6.54 Å². The van der Waals surface area contributed by atoms with E-state index >= 15 is 0 Å². The Morgan fingerprint density at radius 2 is 2.19 bits per heavy atom. The highest BCUT2D eigenvalue weighted by Crippen LogP contribution is 2.18. The standard InChI is InChI=1S/C13H18N2O/c1-9(2)7-14-8-12-15-11-6-4-5-10(3)13(11)16-12/h4-6,9,14H,7-8H2,1-3H3. The van der Waals surface area contributed by atoms with Gasteiger partial charge in [-0.15, -0.1) is 0 Å². The number of hydrogen-bond acceptors (Lipinski definition) is 3. The van der Waals surface area contributed by atoms with E-state index in [0.717, 1.165) is 29.1 Å². The van der Waals surface area contributed by atoms with Gasteiger partial charge in [0.1, 0.15) is 5.52 Å². The van der Waals surface area contributed by atoms with Crippen molar-refractivity contribution in [3.8, 4) is 0 Å². The van der Waals surface area contributed by atoms with Crippen LogP contribution in [0.25, 0.3) is 11.1 Å². The third-order valence-corrected chi connectivity index (χ3v) is 2.48. The second kappa shape index (κ2) is 4.66. The Kier molecular flexibility index (Phi) is 3.25. The molecule has 0 bridgehead atoms. The maximum absolute atomic E-state index is 5.71. The van der Waals surface area contributed by atoms with Crippen molar-refractivity contribution >= 4 is 11.1 Å². The summed E-state index contributed by atoms with van der Waals surface area (Å²) in [5.41, 5.74) is 2.99. The van der Waals surface area contributed by atoms with Crippen LogP contribution in [-0.4, -0.2) is 11.5 Å². The summed E-state index contributed by atoms with van der Waals surface area (Å²) in [6.45, 7) is 8.09. The number of aryl methyl sites for hydroxylation is 1. The minimum absolute atomic E-state index is 0.645. The van der Waals surface area contributed by atoms with E-state index in [4.69, 9.17) is 4.42 Å². The molecule has 0 aliphatic heterocycles. The molecular formula is C13H18N2O. The smallest absolute Gasteiger partial charge is 0.209 e. The number of fused-ring (bicyclic) bond motifs is 1. The van der Waals surface area contributed by atoms with Crippen molar-refractivity contribution in [2.24, 2.45) is 5.92 Å². The van der Waals surface area contributed by atoms with Crippen LogP contribution in [0.3, 0.4) is 0 Å². The zero-order valence-corrected chi connectivity index (χ0v) is 10.1. The average molecular weight is 218 g/mol. The van der Waals surface area contributed by atoms with Gasteiger partial charge in [0.05, 0.1) is 6.54 Å². The summed E-state index contributed by atoms with van der Waals surface area (Å²) >= 11 is 0. The zero-order chi connectivity index (χ0) is 11.5. The van der Waals surface area contributed by atoms with E-state index < -0.39 is 0 Å². The first kappa shape index (κ1) is 11.1. The predicted molar refractivity (Wildman–Crippen MR) is 65.3 cm³/mol. The molecule has 0 spiro atoms. The van der Waals surface area contributed by atoms with Gasteiger partial charge in [-0.2, -0.15) is 0 Å². The van der Waals surface area contributed by atoms with Crippen molar-refractivity contribution in [1.29, 1.82) is 0 Å². The monoisotopic (exact) mass is 218 g/mol. The van der Waals surface area contributed by atoms with Gasteiger partial charge in [-0.3, -0.25) is 0 Å². The highest BCUT2D eigenvalue weighted by molar-refractivity contribution is 5.75. The van der Waals surface area contributed by atoms with Crippen molar-refractivity contribution in [3.05, 3.63) is 29.7 Å². The molecule has 1 heterocycles. The molecule has 0 radical (unpaired) electrons. The van der Waals surface area contributed by atoms with E-state index in [1.165, 1.54) is 0 Å². The van der Waals surface area contributed by atoms with Gasteiger partial charge in [0.2, 0.25) is 5.89 Å². The molecule has 2 aromatic rings. The molecule has 0 amide bonds. The fraction of sp³-hybridized carbons (Fsp3) is 0.462. The fourth-order valence-electron chi connectivity index (χ4n) is 1.68. The van der Waals surface area contributed by atoms with Crippen molar-refractivity contribution in [2.75, 3.05) is 6.54 Å². The lowest BCUT2D eigenvalue weighted by Gasteiger charge is -2.03. The van der Waals surface area contributed by atoms with Gasteiger partial charge in [0.15, 0.2) is 5.58 Å². The number of nitrogens with zero attached hydrogens (tertiary/aromatic N) is 1. The lowest BCUT2D eigenvalue weighted by molar-refractivity contribution is 0.470. The summed E-state index contributed by atoms with van der Waals surface area (Å²) in [7, 11) is 0. The molecule has 2 rings (SSSR count). The lowest BCUT2D eigenvalue weighted by atomic mass is 10.2. The highest BCUT2D eigenvalue weighted by atomic mass is 16.3. The summed E-state index contributed by atoms with van der Waals surface area (Å²) in [5, 5.41) is 3.33. The maximum atomic E-state index is 5.71. The molecule has 86 valence electrons. The Morgan fingerprint density at radius 3 is 2.88 bits per heavy atom. The first-order valence-corrected chi connectivity index (χ1v) is 5.72. The molecule has 3 nitrogen and oxygen atoms in total. The van der Waals surface area contributed by atoms with E-state index in [1.807, 2.05) is 25.1 Å². The van der Waals surface area contributed by atoms with E-state index in [9.17, 15) is 0 Å². The summed E-state index contributed by atoms with van der Waals surface area (Å²) in [6, 6.07) is 6.03. The van der Waals surface area contributed by atoms with Crippen molar-refractivity contribution in [2.45, 2.75) is 27.3 Å². The average Bonchev–Trinajstić information content (AvgIpc) is 2.61. The van der Waals surface area contributed by atoms with Gasteiger partial charge in [-0.25, -0.2) is 4.98 Å². The Labute approximate surface area is 95.9 Å². The molecule has 0 aliphatic carbocycles. The van der Waals surface area contributed by atoms with E-state index in [0.29, 0.717) is 12.5 Å². The van der Waals surface area contributed by atoms with Crippen LogP contribution < -0.4 is 5.32 Å². The molecule has 0 aliphatic rings. The molecule has 0 atom stereocenters. The molecule has 1 aromatic heterocycles. The molecule has 0 fully saturated rings. The van der Waals surface area contributed by atoms with Crippen LogP contribution in [0, 0.1) is 12.8 Å². The quantitative estimate of drug-likeness (QED) is 0.857. The van der Waals surface area contributed by atoms with E-state index in [2.05, 4.69) is 24.1 Å². The topological polar surface area (TPSA) is 38.1 Å². The number of benzene rings is 1. The summed E-state index contributed by atoms with van der Waals surface area (Å²) in [6.07, 6.45) is 0. The predicted octanol–water partition coefficient (Wildman–Crippen LogP) is 2.88. The van der Waals surface area contributed by atoms with Crippen LogP contribution in [0.2, 0.25) is 0 Å². The summed E-state index contributed by atoms with van der Waals surface area (Å²) in [4.78, 5) is 4.44. The first-order valence-electron chi connectivity index (χ1n) is 5.72. The molecule has 1 aromatic carbocycles. The van der Waals surface area contributed by atoms with Gasteiger partial charge < -0.3 is 9.73 Å². The second-order valence-corrected chi connectivity index (χ2v) is 4.56. The number of rotatable bonds is 4. The Morgan fingerprint density at radius 1 is 1.38 bits per heavy atom. The van der Waals surface area contributed by atoms with Gasteiger partial charge >= 0.3 is 0 Å². The molecule has 0 unspecified atom stereocenters. The molecule has 0 saturated carbocycles. The molecular weight excluding hydrogens is 200 g/mol. The summed E-state index contributed by atoms with van der Waals surface area (Å²) < 4.78 is 5.71. The first-order chi connectivity index (χ1) is 7.66. The van der Waals surface area contributed by atoms with Gasteiger partial charge in [-0.05, 0) is 31.0 Å². The van der Waals surface area contributed by atoms with E-state index in [1.54, 1.807) is 0 Å². The minimum Gasteiger partial charge on any atom is -0.439 e. The Bertz CT molecular complexity index is 474. The third kappa shape index (κ3) is 2.42. The van der Waals surface area contributed by atoms with Crippen LogP contribution >= 0.6 is 0 Å².